The number of halogens is 1. The first-order valence-electron chi connectivity index (χ1n) is 12.5. The van der Waals surface area contributed by atoms with E-state index in [2.05, 4.69) is 5.32 Å². The van der Waals surface area contributed by atoms with Crippen molar-refractivity contribution in [2.75, 3.05) is 24.5 Å². The molecular weight excluding hydrogens is 521 g/mol. The van der Waals surface area contributed by atoms with Crippen LogP contribution in [-0.2, 0) is 26.2 Å². The van der Waals surface area contributed by atoms with Gasteiger partial charge in [0.15, 0.2) is 0 Å². The molecule has 0 aliphatic rings. The van der Waals surface area contributed by atoms with E-state index in [-0.39, 0.29) is 22.9 Å². The molecule has 0 aliphatic heterocycles. The number of nitrogens with zero attached hydrogens (tertiary/aromatic N) is 2. The first-order valence-corrected chi connectivity index (χ1v) is 14.0. The van der Waals surface area contributed by atoms with Gasteiger partial charge in [-0.3, -0.25) is 13.9 Å². The molecule has 0 radical (unpaired) electrons. The van der Waals surface area contributed by atoms with Crippen LogP contribution >= 0.6 is 0 Å². The average molecular weight is 556 g/mol. The smallest absolute Gasteiger partial charge is 0.264 e. The molecule has 0 bridgehead atoms. The van der Waals surface area contributed by atoms with E-state index in [1.54, 1.807) is 51.1 Å². The summed E-state index contributed by atoms with van der Waals surface area (Å²) in [7, 11) is -2.81. The molecule has 3 aromatic rings. The maximum Gasteiger partial charge on any atom is 0.264 e. The second kappa shape index (κ2) is 12.8. The zero-order valence-electron chi connectivity index (χ0n) is 22.8. The van der Waals surface area contributed by atoms with E-state index in [0.29, 0.717) is 12.1 Å². The van der Waals surface area contributed by atoms with Crippen molar-refractivity contribution in [2.45, 2.75) is 45.2 Å². The van der Waals surface area contributed by atoms with Crippen LogP contribution in [0.15, 0.2) is 71.6 Å². The normalized spacial score (nSPS) is 11.9. The maximum atomic E-state index is 14.0. The van der Waals surface area contributed by atoms with Gasteiger partial charge in [-0.15, -0.1) is 0 Å². The number of methoxy groups -OCH3 is 1. The fourth-order valence-electron chi connectivity index (χ4n) is 4.04. The number of anilines is 1. The van der Waals surface area contributed by atoms with Gasteiger partial charge in [0, 0.05) is 13.1 Å². The summed E-state index contributed by atoms with van der Waals surface area (Å²) < 4.78 is 47.9. The number of sulfonamides is 1. The molecule has 0 heterocycles. The largest absolute Gasteiger partial charge is 0.495 e. The number of carbonyl (C=O) groups is 2. The van der Waals surface area contributed by atoms with Gasteiger partial charge in [-0.25, -0.2) is 12.8 Å². The summed E-state index contributed by atoms with van der Waals surface area (Å²) in [5.74, 6) is -1.17. The Morgan fingerprint density at radius 3 is 2.18 bits per heavy atom. The third-order valence-electron chi connectivity index (χ3n) is 6.28. The SMILES string of the molecule is CCNC(=O)C(C)N(Cc1ccc(F)cc1)C(=O)CN(c1cc(C)ccc1OC)S(=O)(=O)c1ccc(C)cc1. The second-order valence-corrected chi connectivity index (χ2v) is 11.1. The molecule has 2 amide bonds. The number of hydrogen-bond donors (Lipinski definition) is 1. The molecule has 0 fully saturated rings. The molecule has 1 N–H and O–H groups in total. The number of amides is 2. The van der Waals surface area contributed by atoms with Crippen molar-refractivity contribution in [3.05, 3.63) is 89.2 Å². The molecule has 0 saturated heterocycles. The third kappa shape index (κ3) is 7.14. The summed E-state index contributed by atoms with van der Waals surface area (Å²) in [5, 5.41) is 2.70. The number of hydrogen-bond acceptors (Lipinski definition) is 5. The average Bonchev–Trinajstić information content (AvgIpc) is 2.91. The Kier molecular flexibility index (Phi) is 9.69. The van der Waals surface area contributed by atoms with Crippen molar-refractivity contribution >= 4 is 27.5 Å². The van der Waals surface area contributed by atoms with Crippen LogP contribution in [0.3, 0.4) is 0 Å². The Bertz CT molecular complexity index is 1410. The molecule has 0 aromatic heterocycles. The van der Waals surface area contributed by atoms with Gasteiger partial charge >= 0.3 is 0 Å². The third-order valence-corrected chi connectivity index (χ3v) is 8.05. The van der Waals surface area contributed by atoms with Crippen LogP contribution in [0.25, 0.3) is 0 Å². The van der Waals surface area contributed by atoms with Gasteiger partial charge in [-0.2, -0.15) is 0 Å². The van der Waals surface area contributed by atoms with Crippen LogP contribution in [0.2, 0.25) is 0 Å². The van der Waals surface area contributed by atoms with E-state index in [0.717, 1.165) is 15.4 Å². The first kappa shape index (κ1) is 29.6. The lowest BCUT2D eigenvalue weighted by Gasteiger charge is -2.32. The van der Waals surface area contributed by atoms with Crippen LogP contribution in [0.1, 0.15) is 30.5 Å². The summed E-state index contributed by atoms with van der Waals surface area (Å²) in [6, 6.07) is 16.0. The van der Waals surface area contributed by atoms with Crippen molar-refractivity contribution in [3.63, 3.8) is 0 Å². The molecule has 10 heteroatoms. The van der Waals surface area contributed by atoms with E-state index < -0.39 is 40.2 Å². The number of nitrogens with one attached hydrogen (secondary N) is 1. The molecule has 0 saturated carbocycles. The lowest BCUT2D eigenvalue weighted by molar-refractivity contribution is -0.139. The van der Waals surface area contributed by atoms with Crippen molar-refractivity contribution < 1.29 is 27.1 Å². The number of aryl methyl sites for hydroxylation is 2. The number of benzene rings is 3. The number of likely N-dealkylation sites (N-methyl/N-ethyl adjacent to an activating group) is 1. The predicted molar refractivity (Wildman–Crippen MR) is 149 cm³/mol. The van der Waals surface area contributed by atoms with Gasteiger partial charge in [0.25, 0.3) is 10.0 Å². The highest BCUT2D eigenvalue weighted by atomic mass is 32.2. The highest BCUT2D eigenvalue weighted by molar-refractivity contribution is 7.92. The number of ether oxygens (including phenoxy) is 1. The van der Waals surface area contributed by atoms with Gasteiger partial charge in [-0.1, -0.05) is 35.9 Å². The van der Waals surface area contributed by atoms with Crippen molar-refractivity contribution in [1.29, 1.82) is 0 Å². The van der Waals surface area contributed by atoms with Gasteiger partial charge in [0.1, 0.15) is 24.2 Å². The van der Waals surface area contributed by atoms with Gasteiger partial charge in [0.2, 0.25) is 11.8 Å². The maximum absolute atomic E-state index is 14.0. The molecular formula is C29H34FN3O5S. The quantitative estimate of drug-likeness (QED) is 0.383. The zero-order chi connectivity index (χ0) is 28.7. The van der Waals surface area contributed by atoms with Crippen LogP contribution in [0.4, 0.5) is 10.1 Å². The van der Waals surface area contributed by atoms with E-state index in [1.165, 1.54) is 48.4 Å². The Hall–Kier alpha value is -3.92. The van der Waals surface area contributed by atoms with Crippen LogP contribution in [0, 0.1) is 19.7 Å². The minimum absolute atomic E-state index is 0.00585. The summed E-state index contributed by atoms with van der Waals surface area (Å²) in [4.78, 5) is 28.0. The Morgan fingerprint density at radius 2 is 1.59 bits per heavy atom. The molecule has 3 rings (SSSR count). The lowest BCUT2D eigenvalue weighted by Crippen LogP contribution is -2.51. The van der Waals surface area contributed by atoms with Crippen molar-refractivity contribution in [3.8, 4) is 5.75 Å². The van der Waals surface area contributed by atoms with Crippen molar-refractivity contribution in [1.82, 2.24) is 10.2 Å². The molecule has 8 nitrogen and oxygen atoms in total. The second-order valence-electron chi connectivity index (χ2n) is 9.22. The molecule has 39 heavy (non-hydrogen) atoms. The van der Waals surface area contributed by atoms with E-state index in [4.69, 9.17) is 4.74 Å². The van der Waals surface area contributed by atoms with Crippen LogP contribution < -0.4 is 14.4 Å². The summed E-state index contributed by atoms with van der Waals surface area (Å²) in [6.07, 6.45) is 0. The van der Waals surface area contributed by atoms with E-state index in [9.17, 15) is 22.4 Å². The standard InChI is InChI=1S/C29H34FN3O5S/c1-6-31-29(35)22(4)32(18-23-10-12-24(30)13-11-23)28(34)19-33(26-17-21(3)9-16-27(26)38-5)39(36,37)25-14-7-20(2)8-15-25/h7-17,22H,6,18-19H2,1-5H3,(H,31,35). The van der Waals surface area contributed by atoms with Gasteiger partial charge in [-0.05, 0) is 75.2 Å². The highest BCUT2D eigenvalue weighted by Crippen LogP contribution is 2.33. The Morgan fingerprint density at radius 1 is 0.974 bits per heavy atom. The number of rotatable bonds is 11. The zero-order valence-corrected chi connectivity index (χ0v) is 23.6. The summed E-state index contributed by atoms with van der Waals surface area (Å²) in [6.45, 7) is 6.71. The Balaban J connectivity index is 2.09. The minimum Gasteiger partial charge on any atom is -0.495 e. The van der Waals surface area contributed by atoms with E-state index >= 15 is 0 Å². The topological polar surface area (TPSA) is 96.0 Å². The fraction of sp³-hybridized carbons (Fsp3) is 0.310. The monoisotopic (exact) mass is 555 g/mol. The highest BCUT2D eigenvalue weighted by Gasteiger charge is 2.33. The van der Waals surface area contributed by atoms with E-state index in [1.807, 2.05) is 6.92 Å². The molecule has 0 spiro atoms. The first-order chi connectivity index (χ1) is 18.5. The lowest BCUT2D eigenvalue weighted by atomic mass is 10.1. The predicted octanol–water partition coefficient (Wildman–Crippen LogP) is 4.20. The Labute approximate surface area is 229 Å². The molecule has 0 aliphatic carbocycles. The number of carbonyl (C=O) groups excluding carboxylic acids is 2. The van der Waals surface area contributed by atoms with Gasteiger partial charge < -0.3 is 15.0 Å². The fourth-order valence-corrected chi connectivity index (χ4v) is 5.45. The molecule has 1 unspecified atom stereocenters. The summed E-state index contributed by atoms with van der Waals surface area (Å²) in [5.41, 5.74) is 2.42. The minimum atomic E-state index is -4.23. The summed E-state index contributed by atoms with van der Waals surface area (Å²) >= 11 is 0. The molecule has 1 atom stereocenters. The van der Waals surface area contributed by atoms with Crippen molar-refractivity contribution in [2.24, 2.45) is 0 Å². The molecule has 3 aromatic carbocycles. The van der Waals surface area contributed by atoms with Gasteiger partial charge in [0.05, 0.1) is 17.7 Å². The van der Waals surface area contributed by atoms with Crippen LogP contribution in [0.5, 0.6) is 5.75 Å². The molecule has 208 valence electrons. The van der Waals surface area contributed by atoms with Crippen LogP contribution in [-0.4, -0.2) is 51.4 Å².